The zero-order chi connectivity index (χ0) is 18.1. The standard InChI is InChI=1S/C20H14ClN3OS/c1-13-17(15-7-3-2-4-8-15)18-19(26-13)22-12-24(20(18)25)23-11-14-6-5-9-16(21)10-14/h2-12H,1H3/b23-11-. The first-order valence-electron chi connectivity index (χ1n) is 7.99. The molecule has 128 valence electrons. The quantitative estimate of drug-likeness (QED) is 0.472. The summed E-state index contributed by atoms with van der Waals surface area (Å²) in [5.74, 6) is 0. The minimum atomic E-state index is -0.184. The average molecular weight is 380 g/mol. The van der Waals surface area contributed by atoms with E-state index in [4.69, 9.17) is 11.6 Å². The van der Waals surface area contributed by atoms with Gasteiger partial charge in [-0.15, -0.1) is 11.3 Å². The molecule has 0 unspecified atom stereocenters. The fourth-order valence-corrected chi connectivity index (χ4v) is 4.05. The van der Waals surface area contributed by atoms with Crippen LogP contribution in [-0.4, -0.2) is 15.9 Å². The van der Waals surface area contributed by atoms with Gasteiger partial charge in [0.15, 0.2) is 0 Å². The number of nitrogens with zero attached hydrogens (tertiary/aromatic N) is 3. The number of benzene rings is 2. The smallest absolute Gasteiger partial charge is 0.267 e. The molecule has 0 saturated heterocycles. The van der Waals surface area contributed by atoms with Crippen molar-refractivity contribution in [3.8, 4) is 11.1 Å². The Morgan fingerprint density at radius 3 is 2.73 bits per heavy atom. The maximum Gasteiger partial charge on any atom is 0.283 e. The Hall–Kier alpha value is -2.76. The summed E-state index contributed by atoms with van der Waals surface area (Å²) in [6.07, 6.45) is 3.05. The lowest BCUT2D eigenvalue weighted by atomic mass is 10.0. The Kier molecular flexibility index (Phi) is 4.41. The molecular weight excluding hydrogens is 366 g/mol. The molecule has 0 aliphatic carbocycles. The predicted molar refractivity (Wildman–Crippen MR) is 108 cm³/mol. The summed E-state index contributed by atoms with van der Waals surface area (Å²) >= 11 is 7.51. The van der Waals surface area contributed by atoms with Crippen LogP contribution in [0.5, 0.6) is 0 Å². The van der Waals surface area contributed by atoms with Crippen LogP contribution in [0.15, 0.2) is 70.8 Å². The minimum Gasteiger partial charge on any atom is -0.267 e. The van der Waals surface area contributed by atoms with Gasteiger partial charge in [-0.3, -0.25) is 4.79 Å². The lowest BCUT2D eigenvalue weighted by molar-refractivity contribution is 0.819. The zero-order valence-corrected chi connectivity index (χ0v) is 15.5. The van der Waals surface area contributed by atoms with Gasteiger partial charge in [0.1, 0.15) is 11.2 Å². The molecular formula is C20H14ClN3OS. The summed E-state index contributed by atoms with van der Waals surface area (Å²) in [6.45, 7) is 2.01. The van der Waals surface area contributed by atoms with E-state index in [9.17, 15) is 4.79 Å². The first-order valence-corrected chi connectivity index (χ1v) is 9.19. The Balaban J connectivity index is 1.86. The molecule has 6 heteroatoms. The van der Waals surface area contributed by atoms with Crippen LogP contribution in [0.4, 0.5) is 0 Å². The topological polar surface area (TPSA) is 47.2 Å². The maximum absolute atomic E-state index is 13.0. The van der Waals surface area contributed by atoms with Crippen molar-refractivity contribution in [2.45, 2.75) is 6.92 Å². The van der Waals surface area contributed by atoms with E-state index in [1.54, 1.807) is 18.3 Å². The fraction of sp³-hybridized carbons (Fsp3) is 0.0500. The van der Waals surface area contributed by atoms with E-state index in [-0.39, 0.29) is 5.56 Å². The van der Waals surface area contributed by atoms with Crippen molar-refractivity contribution in [2.75, 3.05) is 0 Å². The molecule has 4 nitrogen and oxygen atoms in total. The summed E-state index contributed by atoms with van der Waals surface area (Å²) in [6, 6.07) is 17.2. The van der Waals surface area contributed by atoms with Gasteiger partial charge in [0, 0.05) is 15.5 Å². The van der Waals surface area contributed by atoms with E-state index in [1.807, 2.05) is 49.4 Å². The van der Waals surface area contributed by atoms with E-state index >= 15 is 0 Å². The average Bonchev–Trinajstić information content (AvgIpc) is 2.99. The first-order chi connectivity index (χ1) is 12.6. The fourth-order valence-electron chi connectivity index (χ4n) is 2.84. The van der Waals surface area contributed by atoms with E-state index in [1.165, 1.54) is 22.3 Å². The third-order valence-electron chi connectivity index (χ3n) is 4.01. The summed E-state index contributed by atoms with van der Waals surface area (Å²) in [5.41, 5.74) is 2.56. The molecule has 0 bridgehead atoms. The lowest BCUT2D eigenvalue weighted by Gasteiger charge is -2.02. The van der Waals surface area contributed by atoms with Crippen LogP contribution < -0.4 is 5.56 Å². The number of rotatable bonds is 3. The number of aromatic nitrogens is 2. The third kappa shape index (κ3) is 3.07. The van der Waals surface area contributed by atoms with E-state index in [2.05, 4.69) is 10.1 Å². The van der Waals surface area contributed by atoms with Crippen molar-refractivity contribution in [1.82, 2.24) is 9.66 Å². The van der Waals surface area contributed by atoms with Gasteiger partial charge < -0.3 is 0 Å². The highest BCUT2D eigenvalue weighted by molar-refractivity contribution is 7.19. The Labute approximate surface area is 159 Å². The molecule has 0 spiro atoms. The summed E-state index contributed by atoms with van der Waals surface area (Å²) in [7, 11) is 0. The van der Waals surface area contributed by atoms with Crippen LogP contribution in [0.1, 0.15) is 10.4 Å². The molecule has 4 rings (SSSR count). The van der Waals surface area contributed by atoms with Crippen molar-refractivity contribution in [2.24, 2.45) is 5.10 Å². The van der Waals surface area contributed by atoms with Crippen LogP contribution in [-0.2, 0) is 0 Å². The van der Waals surface area contributed by atoms with Crippen molar-refractivity contribution < 1.29 is 0 Å². The highest BCUT2D eigenvalue weighted by Crippen LogP contribution is 2.35. The third-order valence-corrected chi connectivity index (χ3v) is 5.26. The summed E-state index contributed by atoms with van der Waals surface area (Å²) in [4.78, 5) is 19.2. The van der Waals surface area contributed by atoms with Crippen molar-refractivity contribution >= 4 is 39.4 Å². The molecule has 0 atom stereocenters. The number of fused-ring (bicyclic) bond motifs is 1. The van der Waals surface area contributed by atoms with Crippen molar-refractivity contribution in [1.29, 1.82) is 0 Å². The van der Waals surface area contributed by atoms with Crippen LogP contribution in [0, 0.1) is 6.92 Å². The molecule has 0 amide bonds. The minimum absolute atomic E-state index is 0.184. The second-order valence-electron chi connectivity index (χ2n) is 5.77. The molecule has 0 fully saturated rings. The van der Waals surface area contributed by atoms with E-state index in [0.717, 1.165) is 26.4 Å². The van der Waals surface area contributed by atoms with Gasteiger partial charge >= 0.3 is 0 Å². The van der Waals surface area contributed by atoms with Crippen molar-refractivity contribution in [3.05, 3.63) is 86.7 Å². The van der Waals surface area contributed by atoms with Gasteiger partial charge in [0.25, 0.3) is 5.56 Å². The maximum atomic E-state index is 13.0. The lowest BCUT2D eigenvalue weighted by Crippen LogP contribution is -2.16. The van der Waals surface area contributed by atoms with Gasteiger partial charge in [-0.2, -0.15) is 9.78 Å². The van der Waals surface area contributed by atoms with Crippen LogP contribution in [0.25, 0.3) is 21.3 Å². The molecule has 26 heavy (non-hydrogen) atoms. The Morgan fingerprint density at radius 2 is 1.96 bits per heavy atom. The number of hydrogen-bond acceptors (Lipinski definition) is 4. The van der Waals surface area contributed by atoms with Gasteiger partial charge in [-0.25, -0.2) is 4.98 Å². The van der Waals surface area contributed by atoms with Gasteiger partial charge in [0.2, 0.25) is 0 Å². The summed E-state index contributed by atoms with van der Waals surface area (Å²) in [5, 5.41) is 5.50. The highest BCUT2D eigenvalue weighted by Gasteiger charge is 2.16. The molecule has 0 aliphatic heterocycles. The van der Waals surface area contributed by atoms with Crippen LogP contribution >= 0.6 is 22.9 Å². The van der Waals surface area contributed by atoms with Gasteiger partial charge in [0.05, 0.1) is 11.6 Å². The summed E-state index contributed by atoms with van der Waals surface area (Å²) < 4.78 is 1.27. The molecule has 2 aromatic heterocycles. The number of thiophene rings is 1. The number of aryl methyl sites for hydroxylation is 1. The largest absolute Gasteiger partial charge is 0.283 e. The highest BCUT2D eigenvalue weighted by atomic mass is 35.5. The Morgan fingerprint density at radius 1 is 1.15 bits per heavy atom. The van der Waals surface area contributed by atoms with Crippen molar-refractivity contribution in [3.63, 3.8) is 0 Å². The van der Waals surface area contributed by atoms with Crippen LogP contribution in [0.2, 0.25) is 5.02 Å². The Bertz CT molecular complexity index is 1180. The van der Waals surface area contributed by atoms with E-state index in [0.29, 0.717) is 10.4 Å². The second-order valence-corrected chi connectivity index (χ2v) is 7.41. The molecule has 0 aliphatic rings. The monoisotopic (exact) mass is 379 g/mol. The number of halogens is 1. The normalized spacial score (nSPS) is 11.5. The molecule has 2 aromatic carbocycles. The van der Waals surface area contributed by atoms with Gasteiger partial charge in [-0.05, 0) is 30.2 Å². The second kappa shape index (κ2) is 6.86. The predicted octanol–water partition coefficient (Wildman–Crippen LogP) is 4.97. The van der Waals surface area contributed by atoms with Crippen LogP contribution in [0.3, 0.4) is 0 Å². The molecule has 0 saturated carbocycles. The van der Waals surface area contributed by atoms with E-state index < -0.39 is 0 Å². The molecule has 2 heterocycles. The zero-order valence-electron chi connectivity index (χ0n) is 13.9. The molecule has 0 radical (unpaired) electrons. The molecule has 4 aromatic rings. The van der Waals surface area contributed by atoms with Gasteiger partial charge in [-0.1, -0.05) is 54.1 Å². The molecule has 0 N–H and O–H groups in total. The number of hydrogen-bond donors (Lipinski definition) is 0. The SMILES string of the molecule is Cc1sc2ncn(/N=C\c3cccc(Cl)c3)c(=O)c2c1-c1ccccc1. The first kappa shape index (κ1) is 16.7.